The third kappa shape index (κ3) is 3.16. The molecule has 28 heavy (non-hydrogen) atoms. The zero-order valence-corrected chi connectivity index (χ0v) is 15.4. The highest BCUT2D eigenvalue weighted by atomic mass is 16.5. The van der Waals surface area contributed by atoms with Crippen molar-refractivity contribution in [3.8, 4) is 11.5 Å². The van der Waals surface area contributed by atoms with Crippen LogP contribution < -0.4 is 10.2 Å². The molecule has 6 nitrogen and oxygen atoms in total. The Hall–Kier alpha value is -3.80. The van der Waals surface area contributed by atoms with E-state index in [9.17, 15) is 9.90 Å². The van der Waals surface area contributed by atoms with Crippen LogP contribution in [0.25, 0.3) is 21.7 Å². The van der Waals surface area contributed by atoms with E-state index in [2.05, 4.69) is 10.5 Å². The Morgan fingerprint density at radius 1 is 1.04 bits per heavy atom. The van der Waals surface area contributed by atoms with E-state index < -0.39 is 5.91 Å². The number of aromatic hydroxyl groups is 1. The molecule has 140 valence electrons. The quantitative estimate of drug-likeness (QED) is 0.408. The highest BCUT2D eigenvalue weighted by Gasteiger charge is 2.14. The van der Waals surface area contributed by atoms with E-state index in [1.165, 1.54) is 0 Å². The summed E-state index contributed by atoms with van der Waals surface area (Å²) in [5.41, 5.74) is 3.74. The van der Waals surface area contributed by atoms with E-state index in [4.69, 9.17) is 9.15 Å². The number of phenols is 1. The number of rotatable bonds is 4. The van der Waals surface area contributed by atoms with Crippen LogP contribution in [0.15, 0.2) is 70.2 Å². The Morgan fingerprint density at radius 3 is 2.50 bits per heavy atom. The number of carbonyl (C=O) groups is 1. The number of ether oxygens (including phenoxy) is 1. The number of furan rings is 1. The minimum atomic E-state index is -0.503. The normalized spacial score (nSPS) is 11.7. The van der Waals surface area contributed by atoms with Crippen LogP contribution in [0.3, 0.4) is 0 Å². The van der Waals surface area contributed by atoms with Crippen LogP contribution in [0, 0.1) is 0 Å². The van der Waals surface area contributed by atoms with Gasteiger partial charge in [0.05, 0.1) is 12.7 Å². The molecule has 0 atom stereocenters. The summed E-state index contributed by atoms with van der Waals surface area (Å²) >= 11 is 0. The summed E-state index contributed by atoms with van der Waals surface area (Å²) < 4.78 is 11.1. The Balaban J connectivity index is 1.60. The number of para-hydroxylation sites is 1. The van der Waals surface area contributed by atoms with E-state index in [1.54, 1.807) is 26.2 Å². The van der Waals surface area contributed by atoms with Crippen LogP contribution in [0.2, 0.25) is 0 Å². The Morgan fingerprint density at radius 2 is 1.75 bits per heavy atom. The fourth-order valence-corrected chi connectivity index (χ4v) is 3.04. The maximum Gasteiger partial charge on any atom is 0.275 e. The number of fused-ring (bicyclic) bond motifs is 2. The minimum Gasteiger partial charge on any atom is -0.507 e. The molecule has 0 saturated heterocycles. The van der Waals surface area contributed by atoms with Gasteiger partial charge in [0.2, 0.25) is 0 Å². The van der Waals surface area contributed by atoms with Crippen molar-refractivity contribution in [2.45, 2.75) is 6.92 Å². The minimum absolute atomic E-state index is 0.0995. The topological polar surface area (TPSA) is 84.1 Å². The van der Waals surface area contributed by atoms with Crippen molar-refractivity contribution in [1.29, 1.82) is 0 Å². The maximum atomic E-state index is 12.5. The summed E-state index contributed by atoms with van der Waals surface area (Å²) in [6.45, 7) is 1.73. The lowest BCUT2D eigenvalue weighted by Gasteiger charge is -2.06. The lowest BCUT2D eigenvalue weighted by atomic mass is 10.1. The molecule has 0 fully saturated rings. The summed E-state index contributed by atoms with van der Waals surface area (Å²) in [5.74, 6) is 0.540. The number of nitrogens with zero attached hydrogens (tertiary/aromatic N) is 1. The number of hydrazone groups is 1. The molecule has 0 aliphatic carbocycles. The fraction of sp³-hybridized carbons (Fsp3) is 0.0909. The van der Waals surface area contributed by atoms with Crippen molar-refractivity contribution < 1.29 is 19.1 Å². The highest BCUT2D eigenvalue weighted by Crippen LogP contribution is 2.29. The molecule has 0 spiro atoms. The first-order valence-corrected chi connectivity index (χ1v) is 8.70. The average Bonchev–Trinajstić information content (AvgIpc) is 3.15. The van der Waals surface area contributed by atoms with Crippen molar-refractivity contribution in [3.63, 3.8) is 0 Å². The smallest absolute Gasteiger partial charge is 0.275 e. The summed E-state index contributed by atoms with van der Waals surface area (Å²) in [7, 11) is 1.58. The monoisotopic (exact) mass is 374 g/mol. The number of hydrogen-bond acceptors (Lipinski definition) is 5. The van der Waals surface area contributed by atoms with E-state index in [0.717, 1.165) is 16.2 Å². The number of amides is 1. The van der Waals surface area contributed by atoms with Gasteiger partial charge in [0.25, 0.3) is 5.91 Å². The molecule has 0 aliphatic heterocycles. The number of carbonyl (C=O) groups excluding carboxylic acids is 1. The molecule has 6 heteroatoms. The van der Waals surface area contributed by atoms with E-state index in [1.807, 2.05) is 48.5 Å². The van der Waals surface area contributed by atoms with Gasteiger partial charge >= 0.3 is 0 Å². The molecule has 1 heterocycles. The van der Waals surface area contributed by atoms with Gasteiger partial charge in [-0.15, -0.1) is 0 Å². The average molecular weight is 374 g/mol. The van der Waals surface area contributed by atoms with Gasteiger partial charge in [-0.05, 0) is 42.0 Å². The predicted molar refractivity (Wildman–Crippen MR) is 108 cm³/mol. The summed E-state index contributed by atoms with van der Waals surface area (Å²) in [6.07, 6.45) is 0. The first-order chi connectivity index (χ1) is 13.6. The molecule has 1 amide bonds. The van der Waals surface area contributed by atoms with Crippen molar-refractivity contribution in [3.05, 3.63) is 72.0 Å². The van der Waals surface area contributed by atoms with Crippen LogP contribution >= 0.6 is 0 Å². The van der Waals surface area contributed by atoms with Gasteiger partial charge in [0, 0.05) is 5.39 Å². The highest BCUT2D eigenvalue weighted by molar-refractivity contribution is 6.04. The number of hydrogen-bond donors (Lipinski definition) is 2. The summed E-state index contributed by atoms with van der Waals surface area (Å²) in [4.78, 5) is 12.5. The zero-order chi connectivity index (χ0) is 19.7. The molecular formula is C22H18N2O4. The van der Waals surface area contributed by atoms with Gasteiger partial charge in [0.1, 0.15) is 11.5 Å². The molecule has 0 aliphatic rings. The molecule has 0 unspecified atom stereocenters. The molecule has 2 N–H and O–H groups in total. The second-order valence-corrected chi connectivity index (χ2v) is 6.34. The molecule has 4 rings (SSSR count). The number of phenolic OH excluding ortho intramolecular Hbond substituents is 1. The van der Waals surface area contributed by atoms with Crippen molar-refractivity contribution in [1.82, 2.24) is 5.43 Å². The van der Waals surface area contributed by atoms with Gasteiger partial charge in [-0.2, -0.15) is 5.10 Å². The van der Waals surface area contributed by atoms with Gasteiger partial charge in [0.15, 0.2) is 17.1 Å². The lowest BCUT2D eigenvalue weighted by Crippen LogP contribution is -2.19. The molecule has 0 radical (unpaired) electrons. The summed E-state index contributed by atoms with van der Waals surface area (Å²) in [6, 6.07) is 18.1. The van der Waals surface area contributed by atoms with Crippen molar-refractivity contribution >= 4 is 33.4 Å². The van der Waals surface area contributed by atoms with Crippen LogP contribution in [-0.2, 0) is 0 Å². The van der Waals surface area contributed by atoms with Crippen molar-refractivity contribution in [2.75, 3.05) is 7.11 Å². The van der Waals surface area contributed by atoms with Crippen molar-refractivity contribution in [2.24, 2.45) is 5.10 Å². The largest absolute Gasteiger partial charge is 0.507 e. The first-order valence-electron chi connectivity index (χ1n) is 8.70. The second kappa shape index (κ2) is 7.08. The predicted octanol–water partition coefficient (Wildman–Crippen LogP) is 4.45. The second-order valence-electron chi connectivity index (χ2n) is 6.34. The Bertz CT molecular complexity index is 1220. The molecule has 0 bridgehead atoms. The van der Waals surface area contributed by atoms with Crippen LogP contribution in [0.5, 0.6) is 11.5 Å². The Labute approximate surface area is 161 Å². The van der Waals surface area contributed by atoms with Gasteiger partial charge in [-0.3, -0.25) is 4.79 Å². The molecule has 4 aromatic rings. The molecular weight excluding hydrogens is 356 g/mol. The summed E-state index contributed by atoms with van der Waals surface area (Å²) in [5, 5.41) is 16.9. The number of nitrogens with one attached hydrogen (secondary N) is 1. The fourth-order valence-electron chi connectivity index (χ4n) is 3.04. The van der Waals surface area contributed by atoms with E-state index in [0.29, 0.717) is 22.8 Å². The number of benzene rings is 3. The third-order valence-corrected chi connectivity index (χ3v) is 4.52. The standard InChI is InChI=1S/C22H18N2O4/c1-13(20-12-16-8-5-9-19(27-2)21(16)28-20)23-24-22(26)17-10-14-6-3-4-7-15(14)11-18(17)25/h3-12,25H,1-2H3,(H,24,26)/b23-13-. The Kier molecular flexibility index (Phi) is 4.45. The lowest BCUT2D eigenvalue weighted by molar-refractivity contribution is 0.0952. The molecule has 0 saturated carbocycles. The zero-order valence-electron chi connectivity index (χ0n) is 15.4. The number of methoxy groups -OCH3 is 1. The maximum absolute atomic E-state index is 12.5. The van der Waals surface area contributed by atoms with Gasteiger partial charge in [-0.1, -0.05) is 36.4 Å². The van der Waals surface area contributed by atoms with E-state index in [-0.39, 0.29) is 11.3 Å². The molecule has 1 aromatic heterocycles. The molecule has 3 aromatic carbocycles. The SMILES string of the molecule is COc1cccc2cc(/C(C)=N\NC(=O)c3cc4ccccc4cc3O)oc12. The van der Waals surface area contributed by atoms with Gasteiger partial charge in [-0.25, -0.2) is 5.43 Å². The van der Waals surface area contributed by atoms with Crippen LogP contribution in [0.1, 0.15) is 23.0 Å². The van der Waals surface area contributed by atoms with Crippen LogP contribution in [-0.4, -0.2) is 23.8 Å². The van der Waals surface area contributed by atoms with Crippen LogP contribution in [0.4, 0.5) is 0 Å². The first kappa shape index (κ1) is 17.6. The van der Waals surface area contributed by atoms with E-state index >= 15 is 0 Å². The van der Waals surface area contributed by atoms with Gasteiger partial charge < -0.3 is 14.3 Å². The third-order valence-electron chi connectivity index (χ3n) is 4.52.